The summed E-state index contributed by atoms with van der Waals surface area (Å²) in [6.07, 6.45) is 3.67. The molecular weight excluding hydrogens is 366 g/mol. The Hall–Kier alpha value is -1.51. The lowest BCUT2D eigenvalue weighted by Gasteiger charge is -2.32. The number of hydrogen-bond acceptors (Lipinski definition) is 6. The van der Waals surface area contributed by atoms with Crippen LogP contribution in [0.3, 0.4) is 0 Å². The number of halogens is 1. The number of benzene rings is 1. The number of amides is 1. The van der Waals surface area contributed by atoms with Gasteiger partial charge in [-0.3, -0.25) is 14.9 Å². The molecule has 25 heavy (non-hydrogen) atoms. The van der Waals surface area contributed by atoms with Crippen LogP contribution in [0, 0.1) is 16.0 Å². The van der Waals surface area contributed by atoms with E-state index in [2.05, 4.69) is 5.32 Å². The lowest BCUT2D eigenvalue weighted by atomic mass is 9.96. The van der Waals surface area contributed by atoms with Crippen LogP contribution >= 0.6 is 24.2 Å². The van der Waals surface area contributed by atoms with Gasteiger partial charge in [0.2, 0.25) is 0 Å². The lowest BCUT2D eigenvalue weighted by molar-refractivity contribution is -0.385. The maximum Gasteiger partial charge on any atom is 0.285 e. The topological polar surface area (TPSA) is 84.7 Å². The van der Waals surface area contributed by atoms with Crippen molar-refractivity contribution in [1.82, 2.24) is 10.2 Å². The molecule has 0 aromatic heterocycles. The minimum absolute atomic E-state index is 0. The Morgan fingerprint density at radius 2 is 2.08 bits per heavy atom. The maximum absolute atomic E-state index is 12.8. The average Bonchev–Trinajstić information content (AvgIpc) is 2.60. The molecule has 1 saturated heterocycles. The molecule has 0 spiro atoms. The molecule has 1 amide bonds. The number of piperidine rings is 1. The third-order valence-corrected chi connectivity index (χ3v) is 5.08. The van der Waals surface area contributed by atoms with Gasteiger partial charge in [-0.25, -0.2) is 0 Å². The number of ether oxygens (including phenoxy) is 1. The van der Waals surface area contributed by atoms with E-state index in [1.165, 1.54) is 24.9 Å². The summed E-state index contributed by atoms with van der Waals surface area (Å²) in [5, 5.41) is 14.5. The molecule has 0 atom stereocenters. The van der Waals surface area contributed by atoms with Crippen LogP contribution in [0.25, 0.3) is 0 Å². The van der Waals surface area contributed by atoms with E-state index in [1.807, 2.05) is 13.3 Å². The zero-order valence-corrected chi connectivity index (χ0v) is 16.2. The van der Waals surface area contributed by atoms with E-state index >= 15 is 0 Å². The highest BCUT2D eigenvalue weighted by Gasteiger charge is 2.29. The number of nitrogens with one attached hydrogen (secondary N) is 1. The van der Waals surface area contributed by atoms with Crippen molar-refractivity contribution in [2.75, 3.05) is 40.0 Å². The Morgan fingerprint density at radius 1 is 1.44 bits per heavy atom. The SMILES string of the molecule is CNCC1CCN(C(=O)c2cc(SC)c(OC)cc2[N+](=O)[O-])CC1.Cl. The van der Waals surface area contributed by atoms with Crippen molar-refractivity contribution in [1.29, 1.82) is 0 Å². The highest BCUT2D eigenvalue weighted by molar-refractivity contribution is 7.98. The van der Waals surface area contributed by atoms with E-state index in [0.29, 0.717) is 24.8 Å². The number of thioether (sulfide) groups is 1. The maximum atomic E-state index is 12.8. The van der Waals surface area contributed by atoms with Gasteiger partial charge in [0.05, 0.1) is 23.0 Å². The van der Waals surface area contributed by atoms with E-state index in [1.54, 1.807) is 11.0 Å². The van der Waals surface area contributed by atoms with E-state index in [4.69, 9.17) is 4.74 Å². The number of rotatable bonds is 6. The summed E-state index contributed by atoms with van der Waals surface area (Å²) >= 11 is 1.40. The summed E-state index contributed by atoms with van der Waals surface area (Å²) in [5.74, 6) is 0.688. The van der Waals surface area contributed by atoms with Gasteiger partial charge in [-0.2, -0.15) is 0 Å². The number of hydrogen-bond donors (Lipinski definition) is 1. The van der Waals surface area contributed by atoms with Gasteiger partial charge in [-0.1, -0.05) is 0 Å². The van der Waals surface area contributed by atoms with Crippen LogP contribution in [0.2, 0.25) is 0 Å². The normalized spacial score (nSPS) is 14.8. The largest absolute Gasteiger partial charge is 0.495 e. The molecule has 7 nitrogen and oxygen atoms in total. The Morgan fingerprint density at radius 3 is 2.56 bits per heavy atom. The van der Waals surface area contributed by atoms with Crippen LogP contribution in [0.15, 0.2) is 17.0 Å². The first kappa shape index (κ1) is 21.5. The van der Waals surface area contributed by atoms with Crippen molar-refractivity contribution >= 4 is 35.8 Å². The average molecular weight is 390 g/mol. The van der Waals surface area contributed by atoms with Crippen LogP contribution in [-0.2, 0) is 0 Å². The number of nitrogens with zero attached hydrogens (tertiary/aromatic N) is 2. The van der Waals surface area contributed by atoms with Crippen molar-refractivity contribution in [3.8, 4) is 5.75 Å². The minimum Gasteiger partial charge on any atom is -0.495 e. The van der Waals surface area contributed by atoms with Crippen molar-refractivity contribution in [2.45, 2.75) is 17.7 Å². The molecule has 1 N–H and O–H groups in total. The van der Waals surface area contributed by atoms with Crippen LogP contribution in [0.5, 0.6) is 5.75 Å². The van der Waals surface area contributed by atoms with Gasteiger partial charge < -0.3 is 15.0 Å². The summed E-state index contributed by atoms with van der Waals surface area (Å²) in [4.78, 5) is 26.1. The van der Waals surface area contributed by atoms with Crippen molar-refractivity contribution in [2.24, 2.45) is 5.92 Å². The van der Waals surface area contributed by atoms with Crippen LogP contribution in [-0.4, -0.2) is 55.8 Å². The first-order chi connectivity index (χ1) is 11.5. The van der Waals surface area contributed by atoms with Gasteiger partial charge in [-0.15, -0.1) is 24.2 Å². The first-order valence-corrected chi connectivity index (χ1v) is 9.08. The molecule has 1 aliphatic rings. The summed E-state index contributed by atoms with van der Waals surface area (Å²) in [5.41, 5.74) is -0.0655. The Kier molecular flexibility index (Phi) is 8.47. The van der Waals surface area contributed by atoms with Gasteiger partial charge in [-0.05, 0) is 44.7 Å². The van der Waals surface area contributed by atoms with Gasteiger partial charge >= 0.3 is 0 Å². The Bertz CT molecular complexity index is 622. The summed E-state index contributed by atoms with van der Waals surface area (Å²) in [6.45, 7) is 2.19. The van der Waals surface area contributed by atoms with E-state index < -0.39 is 4.92 Å². The summed E-state index contributed by atoms with van der Waals surface area (Å²) in [7, 11) is 3.38. The molecule has 2 rings (SSSR count). The molecule has 9 heteroatoms. The second kappa shape index (κ2) is 9.84. The summed E-state index contributed by atoms with van der Waals surface area (Å²) in [6, 6.07) is 2.91. The summed E-state index contributed by atoms with van der Waals surface area (Å²) < 4.78 is 5.19. The molecule has 1 fully saturated rings. The number of carbonyl (C=O) groups is 1. The number of carbonyl (C=O) groups excluding carboxylic acids is 1. The molecule has 1 aromatic rings. The number of nitro benzene ring substituents is 1. The predicted octanol–water partition coefficient (Wildman–Crippen LogP) is 2.82. The third-order valence-electron chi connectivity index (χ3n) is 4.32. The lowest BCUT2D eigenvalue weighted by Crippen LogP contribution is -2.40. The van der Waals surface area contributed by atoms with E-state index in [0.717, 1.165) is 24.3 Å². The molecule has 140 valence electrons. The molecule has 0 unspecified atom stereocenters. The molecule has 1 aromatic carbocycles. The predicted molar refractivity (Wildman–Crippen MR) is 101 cm³/mol. The van der Waals surface area contributed by atoms with Gasteiger partial charge in [0.15, 0.2) is 0 Å². The zero-order chi connectivity index (χ0) is 17.7. The van der Waals surface area contributed by atoms with E-state index in [9.17, 15) is 14.9 Å². The molecular formula is C16H24ClN3O4S. The highest BCUT2D eigenvalue weighted by Crippen LogP contribution is 2.35. The van der Waals surface area contributed by atoms with Crippen LogP contribution < -0.4 is 10.1 Å². The number of nitro groups is 1. The zero-order valence-electron chi connectivity index (χ0n) is 14.6. The van der Waals surface area contributed by atoms with Gasteiger partial charge in [0.25, 0.3) is 11.6 Å². The highest BCUT2D eigenvalue weighted by atomic mass is 35.5. The van der Waals surface area contributed by atoms with Crippen molar-refractivity contribution in [3.05, 3.63) is 27.8 Å². The van der Waals surface area contributed by atoms with Gasteiger partial charge in [0, 0.05) is 13.1 Å². The molecule has 1 aliphatic heterocycles. The van der Waals surface area contributed by atoms with Crippen molar-refractivity contribution in [3.63, 3.8) is 0 Å². The monoisotopic (exact) mass is 389 g/mol. The molecule has 1 heterocycles. The quantitative estimate of drug-likeness (QED) is 0.457. The fourth-order valence-electron chi connectivity index (χ4n) is 2.99. The van der Waals surface area contributed by atoms with E-state index in [-0.39, 0.29) is 29.6 Å². The van der Waals surface area contributed by atoms with Crippen LogP contribution in [0.4, 0.5) is 5.69 Å². The standard InChI is InChI=1S/C16H23N3O4S.ClH/c1-17-10-11-4-6-18(7-5-11)16(20)12-8-15(24-3)14(23-2)9-13(12)19(21)22;/h8-9,11,17H,4-7,10H2,1-3H3;1H. The first-order valence-electron chi connectivity index (χ1n) is 7.86. The molecule has 0 bridgehead atoms. The molecule has 0 radical (unpaired) electrons. The fourth-order valence-corrected chi connectivity index (χ4v) is 3.57. The number of likely N-dealkylation sites (tertiary alicyclic amines) is 1. The number of methoxy groups -OCH3 is 1. The Labute approximate surface area is 158 Å². The minimum atomic E-state index is -0.520. The van der Waals surface area contributed by atoms with Gasteiger partial charge in [0.1, 0.15) is 11.3 Å². The second-order valence-corrected chi connectivity index (χ2v) is 6.62. The Balaban J connectivity index is 0.00000312. The van der Waals surface area contributed by atoms with Crippen LogP contribution in [0.1, 0.15) is 23.2 Å². The third kappa shape index (κ3) is 4.99. The smallest absolute Gasteiger partial charge is 0.285 e. The molecule has 0 saturated carbocycles. The second-order valence-electron chi connectivity index (χ2n) is 5.77. The fraction of sp³-hybridized carbons (Fsp3) is 0.562. The van der Waals surface area contributed by atoms with Crippen molar-refractivity contribution < 1.29 is 14.5 Å². The molecule has 0 aliphatic carbocycles.